The van der Waals surface area contributed by atoms with Crippen molar-refractivity contribution in [3.8, 4) is 0 Å². The Balaban J connectivity index is 1.77. The van der Waals surface area contributed by atoms with Gasteiger partial charge in [0.2, 0.25) is 23.6 Å². The number of ether oxygens (including phenoxy) is 3. The van der Waals surface area contributed by atoms with Gasteiger partial charge in [-0.25, -0.2) is 4.79 Å². The number of carbonyl (C=O) groups excluding carboxylic acids is 5. The lowest BCUT2D eigenvalue weighted by molar-refractivity contribution is -0.149. The summed E-state index contributed by atoms with van der Waals surface area (Å²) in [6, 6.07) is 14.0. The van der Waals surface area contributed by atoms with Crippen molar-refractivity contribution in [2.75, 3.05) is 54.2 Å². The van der Waals surface area contributed by atoms with Gasteiger partial charge in [0.05, 0.1) is 49.8 Å². The number of nitrogens with one attached hydrogen (secondary N) is 2. The standard InChI is InChI=1S/C48H76N6O8/c1-13-32(6)43(53(9)47(58)41(30(2)3)51-46(57)42(31(4)5)52(8)27-25-34-21-23-36(49)24-22-34)39(60-10)29-40(55)54-26-17-20-38(54)44(61-11)33(7)45(56)50-37(48(59)62-12)28-35-18-15-14-16-19-35/h14-16,18-19,21-24,30-33,37-39,41-44H,13,17,20,25-29,49H2,1-12H3,(H,50,56)(H,51,57)/t32-,33+,37?,38-,39+,41-,42-,43-,44+/m0/s1. The van der Waals surface area contributed by atoms with Crippen LogP contribution in [0.3, 0.4) is 0 Å². The molecule has 1 saturated heterocycles. The Hall–Kier alpha value is -4.53. The van der Waals surface area contributed by atoms with Crippen LogP contribution in [0.2, 0.25) is 0 Å². The van der Waals surface area contributed by atoms with Crippen molar-refractivity contribution in [1.29, 1.82) is 0 Å². The quantitative estimate of drug-likeness (QED) is 0.0990. The van der Waals surface area contributed by atoms with Crippen molar-refractivity contribution in [2.24, 2.45) is 23.7 Å². The lowest BCUT2D eigenvalue weighted by Crippen LogP contribution is -2.60. The first-order valence-corrected chi connectivity index (χ1v) is 22.3. The summed E-state index contributed by atoms with van der Waals surface area (Å²) in [6.07, 6.45) is 1.72. The molecular weight excluding hydrogens is 789 g/mol. The van der Waals surface area contributed by atoms with E-state index in [9.17, 15) is 24.0 Å². The third-order valence-electron chi connectivity index (χ3n) is 12.7. The Morgan fingerprint density at radius 1 is 0.839 bits per heavy atom. The number of benzene rings is 2. The number of nitrogens with zero attached hydrogens (tertiary/aromatic N) is 3. The van der Waals surface area contributed by atoms with E-state index in [1.54, 1.807) is 30.9 Å². The van der Waals surface area contributed by atoms with Gasteiger partial charge in [-0.2, -0.15) is 0 Å². The van der Waals surface area contributed by atoms with Crippen LogP contribution in [0.15, 0.2) is 54.6 Å². The molecule has 9 atom stereocenters. The second kappa shape index (κ2) is 24.9. The van der Waals surface area contributed by atoms with Gasteiger partial charge in [0, 0.05) is 46.5 Å². The molecule has 4 N–H and O–H groups in total. The highest BCUT2D eigenvalue weighted by molar-refractivity contribution is 5.90. The summed E-state index contributed by atoms with van der Waals surface area (Å²) in [5.41, 5.74) is 8.56. The molecule has 1 aliphatic heterocycles. The van der Waals surface area contributed by atoms with E-state index in [2.05, 4.69) is 10.6 Å². The number of esters is 1. The molecular formula is C48H76N6O8. The fourth-order valence-electron chi connectivity index (χ4n) is 8.91. The summed E-state index contributed by atoms with van der Waals surface area (Å²) < 4.78 is 17.1. The molecule has 0 aliphatic carbocycles. The molecule has 1 heterocycles. The molecule has 0 radical (unpaired) electrons. The minimum atomic E-state index is -0.900. The Labute approximate surface area is 370 Å². The number of carbonyl (C=O) groups is 5. The largest absolute Gasteiger partial charge is 0.467 e. The molecule has 346 valence electrons. The van der Waals surface area contributed by atoms with Crippen LogP contribution in [-0.4, -0.2) is 135 Å². The van der Waals surface area contributed by atoms with E-state index < -0.39 is 54.3 Å². The first-order chi connectivity index (χ1) is 29.4. The molecule has 1 aliphatic rings. The molecule has 0 spiro atoms. The number of amides is 4. The van der Waals surface area contributed by atoms with Crippen LogP contribution in [0.1, 0.15) is 85.3 Å². The normalized spacial score (nSPS) is 18.0. The SMILES string of the molecule is CC[C@H](C)[C@@H]([C@@H](CC(=O)N1CCC[C@H]1[C@H](OC)[C@@H](C)C(=O)NC(Cc1ccccc1)C(=O)OC)OC)N(C)C(=O)[C@@H](NC(=O)[C@H](C(C)C)N(C)CCc1ccc(N)cc1)C(C)C. The highest BCUT2D eigenvalue weighted by atomic mass is 16.5. The first-order valence-electron chi connectivity index (χ1n) is 22.3. The Morgan fingerprint density at radius 2 is 1.48 bits per heavy atom. The number of rotatable bonds is 24. The number of nitrogens with two attached hydrogens (primary N) is 1. The van der Waals surface area contributed by atoms with E-state index in [4.69, 9.17) is 19.9 Å². The van der Waals surface area contributed by atoms with Gasteiger partial charge in [-0.3, -0.25) is 24.1 Å². The number of likely N-dealkylation sites (N-methyl/N-ethyl adjacent to an activating group) is 2. The molecule has 2 aromatic rings. The van der Waals surface area contributed by atoms with E-state index in [0.717, 1.165) is 24.0 Å². The first kappa shape index (κ1) is 51.8. The van der Waals surface area contributed by atoms with Gasteiger partial charge in [-0.1, -0.05) is 97.4 Å². The van der Waals surface area contributed by atoms with Gasteiger partial charge < -0.3 is 40.4 Å². The van der Waals surface area contributed by atoms with Crippen molar-refractivity contribution < 1.29 is 38.2 Å². The van der Waals surface area contributed by atoms with Crippen LogP contribution < -0.4 is 16.4 Å². The maximum Gasteiger partial charge on any atom is 0.328 e. The fraction of sp³-hybridized carbons (Fsp3) is 0.646. The zero-order valence-electron chi connectivity index (χ0n) is 39.4. The highest BCUT2D eigenvalue weighted by Gasteiger charge is 2.43. The molecule has 0 aromatic heterocycles. The molecule has 14 nitrogen and oxygen atoms in total. The van der Waals surface area contributed by atoms with Gasteiger partial charge in [0.1, 0.15) is 12.1 Å². The Bertz CT molecular complexity index is 1730. The van der Waals surface area contributed by atoms with Crippen LogP contribution >= 0.6 is 0 Å². The zero-order valence-corrected chi connectivity index (χ0v) is 39.4. The van der Waals surface area contributed by atoms with Crippen LogP contribution in [0.4, 0.5) is 5.69 Å². The van der Waals surface area contributed by atoms with Crippen molar-refractivity contribution in [3.63, 3.8) is 0 Å². The predicted molar refractivity (Wildman–Crippen MR) is 243 cm³/mol. The predicted octanol–water partition coefficient (Wildman–Crippen LogP) is 4.73. The Kier molecular flexibility index (Phi) is 20.8. The topological polar surface area (TPSA) is 173 Å². The molecule has 14 heteroatoms. The van der Waals surface area contributed by atoms with Crippen LogP contribution in [-0.2, 0) is 51.0 Å². The van der Waals surface area contributed by atoms with E-state index in [-0.39, 0.29) is 54.2 Å². The van der Waals surface area contributed by atoms with E-state index >= 15 is 0 Å². The Morgan fingerprint density at radius 3 is 2.03 bits per heavy atom. The van der Waals surface area contributed by atoms with Crippen molar-refractivity contribution >= 4 is 35.3 Å². The van der Waals surface area contributed by atoms with E-state index in [0.29, 0.717) is 31.6 Å². The summed E-state index contributed by atoms with van der Waals surface area (Å²) in [4.78, 5) is 74.9. The average Bonchev–Trinajstić information content (AvgIpc) is 3.74. The summed E-state index contributed by atoms with van der Waals surface area (Å²) in [5, 5.41) is 5.99. The fourth-order valence-corrected chi connectivity index (χ4v) is 8.91. The number of methoxy groups -OCH3 is 3. The maximum atomic E-state index is 14.6. The van der Waals surface area contributed by atoms with Crippen molar-refractivity contribution in [2.45, 2.75) is 129 Å². The number of anilines is 1. The average molecular weight is 865 g/mol. The second-order valence-corrected chi connectivity index (χ2v) is 17.8. The number of nitrogen functional groups attached to an aromatic ring is 1. The van der Waals surface area contributed by atoms with Gasteiger partial charge >= 0.3 is 5.97 Å². The summed E-state index contributed by atoms with van der Waals surface area (Å²) >= 11 is 0. The molecule has 1 fully saturated rings. The van der Waals surface area contributed by atoms with Crippen LogP contribution in [0.25, 0.3) is 0 Å². The minimum absolute atomic E-state index is 0.00887. The molecule has 0 saturated carbocycles. The van der Waals surface area contributed by atoms with Gasteiger partial charge in [0.25, 0.3) is 0 Å². The van der Waals surface area contributed by atoms with Crippen molar-refractivity contribution in [3.05, 3.63) is 65.7 Å². The number of likely N-dealkylation sites (tertiary alicyclic amines) is 1. The summed E-state index contributed by atoms with van der Waals surface area (Å²) in [7, 11) is 8.04. The monoisotopic (exact) mass is 865 g/mol. The summed E-state index contributed by atoms with van der Waals surface area (Å²) in [6.45, 7) is 14.8. The third-order valence-corrected chi connectivity index (χ3v) is 12.7. The summed E-state index contributed by atoms with van der Waals surface area (Å²) in [5.74, 6) is -2.59. The van der Waals surface area contributed by atoms with Gasteiger partial charge in [0.15, 0.2) is 0 Å². The second-order valence-electron chi connectivity index (χ2n) is 17.8. The number of hydrogen-bond acceptors (Lipinski definition) is 10. The third kappa shape index (κ3) is 14.0. The van der Waals surface area contributed by atoms with Crippen LogP contribution in [0, 0.1) is 23.7 Å². The molecule has 3 rings (SSSR count). The molecule has 62 heavy (non-hydrogen) atoms. The van der Waals surface area contributed by atoms with Gasteiger partial charge in [-0.15, -0.1) is 0 Å². The van der Waals surface area contributed by atoms with E-state index in [1.807, 2.05) is 108 Å². The molecule has 0 bridgehead atoms. The van der Waals surface area contributed by atoms with Gasteiger partial charge in [-0.05, 0) is 67.3 Å². The van der Waals surface area contributed by atoms with Crippen LogP contribution in [0.5, 0.6) is 0 Å². The smallest absolute Gasteiger partial charge is 0.328 e. The van der Waals surface area contributed by atoms with E-state index in [1.165, 1.54) is 14.2 Å². The highest BCUT2D eigenvalue weighted by Crippen LogP contribution is 2.30. The lowest BCUT2D eigenvalue weighted by atomic mass is 9.89. The van der Waals surface area contributed by atoms with Crippen molar-refractivity contribution in [1.82, 2.24) is 25.3 Å². The zero-order chi connectivity index (χ0) is 46.3. The minimum Gasteiger partial charge on any atom is -0.467 e. The lowest BCUT2D eigenvalue weighted by Gasteiger charge is -2.41. The molecule has 4 amide bonds. The molecule has 2 aromatic carbocycles. The molecule has 1 unspecified atom stereocenters. The number of hydrogen-bond donors (Lipinski definition) is 3. The maximum absolute atomic E-state index is 14.6.